The van der Waals surface area contributed by atoms with Gasteiger partial charge in [-0.25, -0.2) is 0 Å². The van der Waals surface area contributed by atoms with Crippen molar-refractivity contribution in [2.75, 3.05) is 4.90 Å². The molecule has 1 atom stereocenters. The van der Waals surface area contributed by atoms with Gasteiger partial charge < -0.3 is 9.80 Å². The zero-order chi connectivity index (χ0) is 16.7. The zero-order valence-electron chi connectivity index (χ0n) is 15.0. The fourth-order valence-corrected chi connectivity index (χ4v) is 3.90. The molecule has 23 heavy (non-hydrogen) atoms. The molecule has 2 aromatic rings. The maximum Gasteiger partial charge on any atom is 0.116 e. The molecule has 2 heteroatoms. The van der Waals surface area contributed by atoms with E-state index in [0.29, 0.717) is 0 Å². The molecule has 3 rings (SSSR count). The van der Waals surface area contributed by atoms with Crippen LogP contribution < -0.4 is 9.80 Å². The molecule has 1 aliphatic heterocycles. The van der Waals surface area contributed by atoms with Crippen LogP contribution in [0, 0.1) is 48.2 Å². The maximum atomic E-state index is 2.27. The van der Waals surface area contributed by atoms with E-state index in [1.54, 1.807) is 0 Å². The van der Waals surface area contributed by atoms with E-state index >= 15 is 0 Å². The number of anilines is 1. The highest BCUT2D eigenvalue weighted by Gasteiger charge is 2.18. The van der Waals surface area contributed by atoms with Gasteiger partial charge in [0.15, 0.2) is 0 Å². The van der Waals surface area contributed by atoms with Crippen molar-refractivity contribution >= 4 is 11.4 Å². The second kappa shape index (κ2) is 5.86. The third-order valence-electron chi connectivity index (χ3n) is 4.55. The Morgan fingerprint density at radius 3 is 1.74 bits per heavy atom. The van der Waals surface area contributed by atoms with Gasteiger partial charge in [-0.3, -0.25) is 0 Å². The Bertz CT molecular complexity index is 675. The second-order valence-electron chi connectivity index (χ2n) is 6.83. The van der Waals surface area contributed by atoms with E-state index in [4.69, 9.17) is 0 Å². The van der Waals surface area contributed by atoms with Gasteiger partial charge in [-0.05, 0) is 59.3 Å². The minimum Gasteiger partial charge on any atom is -0.442 e. The van der Waals surface area contributed by atoms with Crippen LogP contribution in [-0.2, 0) is 0 Å². The largest absolute Gasteiger partial charge is 0.442 e. The molecular weight excluding hydrogens is 280 g/mol. The normalized spacial score (nSPS) is 17.1. The van der Waals surface area contributed by atoms with Crippen molar-refractivity contribution in [3.63, 3.8) is 0 Å². The molecule has 1 aliphatic rings. The van der Waals surface area contributed by atoms with E-state index in [2.05, 4.69) is 89.8 Å². The molecule has 0 aromatic heterocycles. The highest BCUT2D eigenvalue weighted by Crippen LogP contribution is 2.28. The molecule has 0 bridgehead atoms. The summed E-state index contributed by atoms with van der Waals surface area (Å²) < 4.78 is 0. The van der Waals surface area contributed by atoms with E-state index in [1.165, 1.54) is 49.7 Å². The van der Waals surface area contributed by atoms with Crippen LogP contribution in [0.5, 0.6) is 0 Å². The second-order valence-corrected chi connectivity index (χ2v) is 6.83. The van der Waals surface area contributed by atoms with E-state index in [1.807, 2.05) is 0 Å². The highest BCUT2D eigenvalue weighted by atomic mass is 15.3. The summed E-state index contributed by atoms with van der Waals surface area (Å²) in [5.74, 6) is 0. The van der Waals surface area contributed by atoms with Crippen molar-refractivity contribution in [1.29, 1.82) is 0 Å². The standard InChI is InChI=1S/C21H26N2/c1-14-9-16(3)20(17(4)10-14)22-7-8-23(13-22)21-18(5)11-15(2)12-19(21)6/h7-13,22H,1-6H3. The molecule has 0 amide bonds. The first-order valence-corrected chi connectivity index (χ1v) is 8.21. The van der Waals surface area contributed by atoms with Gasteiger partial charge in [0.25, 0.3) is 0 Å². The van der Waals surface area contributed by atoms with Gasteiger partial charge in [0.1, 0.15) is 5.69 Å². The van der Waals surface area contributed by atoms with Crippen LogP contribution in [0.1, 0.15) is 33.4 Å². The van der Waals surface area contributed by atoms with Crippen LogP contribution in [0.25, 0.3) is 0 Å². The Kier molecular flexibility index (Phi) is 4.03. The third kappa shape index (κ3) is 2.91. The summed E-state index contributed by atoms with van der Waals surface area (Å²) >= 11 is 0. The summed E-state index contributed by atoms with van der Waals surface area (Å²) in [5.41, 5.74) is 10.6. The van der Waals surface area contributed by atoms with Gasteiger partial charge in [-0.2, -0.15) is 0 Å². The molecule has 120 valence electrons. The molecule has 2 nitrogen and oxygen atoms in total. The number of quaternary nitrogens is 1. The molecule has 0 saturated heterocycles. The zero-order valence-corrected chi connectivity index (χ0v) is 15.0. The third-order valence-corrected chi connectivity index (χ3v) is 4.55. The number of rotatable bonds is 2. The number of hydrogen-bond acceptors (Lipinski definition) is 1. The Morgan fingerprint density at radius 2 is 1.22 bits per heavy atom. The first kappa shape index (κ1) is 15.8. The van der Waals surface area contributed by atoms with Crippen molar-refractivity contribution in [3.05, 3.63) is 76.7 Å². The molecule has 0 saturated carbocycles. The summed E-state index contributed by atoms with van der Waals surface area (Å²) in [7, 11) is 0. The molecule has 1 heterocycles. The maximum absolute atomic E-state index is 2.27. The summed E-state index contributed by atoms with van der Waals surface area (Å²) in [6.45, 7) is 15.4. The van der Waals surface area contributed by atoms with Crippen LogP contribution in [0.4, 0.5) is 11.4 Å². The highest BCUT2D eigenvalue weighted by molar-refractivity contribution is 5.63. The van der Waals surface area contributed by atoms with E-state index in [9.17, 15) is 0 Å². The van der Waals surface area contributed by atoms with Crippen molar-refractivity contribution in [2.24, 2.45) is 0 Å². The summed E-state index contributed by atoms with van der Waals surface area (Å²) in [4.78, 5) is 3.55. The fourth-order valence-electron chi connectivity index (χ4n) is 3.90. The van der Waals surface area contributed by atoms with E-state index in [-0.39, 0.29) is 0 Å². The summed E-state index contributed by atoms with van der Waals surface area (Å²) in [6, 6.07) is 9.04. The van der Waals surface area contributed by atoms with Crippen LogP contribution in [-0.4, -0.2) is 0 Å². The molecule has 2 aromatic carbocycles. The first-order valence-electron chi connectivity index (χ1n) is 8.21. The smallest absolute Gasteiger partial charge is 0.116 e. The number of benzene rings is 2. The first-order chi connectivity index (χ1) is 10.9. The summed E-state index contributed by atoms with van der Waals surface area (Å²) in [6.07, 6.45) is 4.40. The fraction of sp³-hybridized carbons (Fsp3) is 0.286. The van der Waals surface area contributed by atoms with Crippen molar-refractivity contribution in [3.8, 4) is 0 Å². The lowest BCUT2D eigenvalue weighted by Crippen LogP contribution is -2.99. The number of aryl methyl sites for hydroxylation is 6. The molecule has 0 spiro atoms. The Labute approximate surface area is 140 Å². The molecule has 0 fully saturated rings. The van der Waals surface area contributed by atoms with Gasteiger partial charge in [0.05, 0.1) is 6.20 Å². The minimum atomic E-state index is 1.29. The van der Waals surface area contributed by atoms with Crippen molar-refractivity contribution in [1.82, 2.24) is 0 Å². The lowest BCUT2D eigenvalue weighted by atomic mass is 10.0. The Balaban J connectivity index is 1.93. The van der Waals surface area contributed by atoms with Gasteiger partial charge >= 0.3 is 0 Å². The van der Waals surface area contributed by atoms with Crippen LogP contribution >= 0.6 is 0 Å². The lowest BCUT2D eigenvalue weighted by molar-refractivity contribution is -0.734. The quantitative estimate of drug-likeness (QED) is 0.819. The van der Waals surface area contributed by atoms with Crippen molar-refractivity contribution in [2.45, 2.75) is 41.5 Å². The average Bonchev–Trinajstić information content (AvgIpc) is 2.85. The van der Waals surface area contributed by atoms with Gasteiger partial charge in [0.2, 0.25) is 0 Å². The molecule has 1 unspecified atom stereocenters. The molecule has 1 N–H and O–H groups in total. The Hall–Kier alpha value is -2.06. The molecule has 0 aliphatic carbocycles. The van der Waals surface area contributed by atoms with E-state index in [0.717, 1.165) is 0 Å². The van der Waals surface area contributed by atoms with Gasteiger partial charge in [-0.1, -0.05) is 35.4 Å². The SMILES string of the molecule is Cc1cc(C)c(N2C=C[NH+](c3c(C)cc(C)cc3C)[CH-]2)c(C)c1. The monoisotopic (exact) mass is 306 g/mol. The number of nitrogens with one attached hydrogen (secondary N) is 1. The van der Waals surface area contributed by atoms with Gasteiger partial charge in [0, 0.05) is 23.0 Å². The predicted molar refractivity (Wildman–Crippen MR) is 97.8 cm³/mol. The lowest BCUT2D eigenvalue weighted by Gasteiger charge is -2.31. The number of nitrogens with zero attached hydrogens (tertiary/aromatic N) is 1. The topological polar surface area (TPSA) is 7.68 Å². The number of hydrogen-bond donors (Lipinski definition) is 1. The van der Waals surface area contributed by atoms with Crippen LogP contribution in [0.3, 0.4) is 0 Å². The van der Waals surface area contributed by atoms with Crippen LogP contribution in [0.2, 0.25) is 0 Å². The Morgan fingerprint density at radius 1 is 0.739 bits per heavy atom. The minimum absolute atomic E-state index is 1.29. The summed E-state index contributed by atoms with van der Waals surface area (Å²) in [5, 5.41) is 0. The molecule has 0 radical (unpaired) electrons. The predicted octanol–water partition coefficient (Wildman–Crippen LogP) is 4.16. The van der Waals surface area contributed by atoms with Crippen LogP contribution in [0.15, 0.2) is 36.7 Å². The van der Waals surface area contributed by atoms with Crippen molar-refractivity contribution < 1.29 is 4.90 Å². The van der Waals surface area contributed by atoms with E-state index < -0.39 is 0 Å². The van der Waals surface area contributed by atoms with Gasteiger partial charge in [-0.15, -0.1) is 0 Å². The average molecular weight is 306 g/mol. The molecular formula is C21H26N2.